The molecule has 2 aromatic carbocycles. The van der Waals surface area contributed by atoms with Crippen LogP contribution in [0, 0.1) is 5.92 Å². The van der Waals surface area contributed by atoms with E-state index in [0.717, 1.165) is 43.4 Å². The monoisotopic (exact) mass is 426 g/mol. The van der Waals surface area contributed by atoms with Gasteiger partial charge < -0.3 is 13.7 Å². The van der Waals surface area contributed by atoms with Crippen LogP contribution in [0.1, 0.15) is 38.2 Å². The van der Waals surface area contributed by atoms with Crippen molar-refractivity contribution < 1.29 is 12.6 Å². The molecule has 1 saturated heterocycles. The van der Waals surface area contributed by atoms with Crippen LogP contribution < -0.4 is 4.18 Å². The van der Waals surface area contributed by atoms with E-state index in [1.54, 1.807) is 36.4 Å². The summed E-state index contributed by atoms with van der Waals surface area (Å²) in [5, 5.41) is 1.10. The lowest BCUT2D eigenvalue weighted by molar-refractivity contribution is 0.256. The quantitative estimate of drug-likeness (QED) is 0.528. The molecular weight excluding hydrogens is 396 g/mol. The van der Waals surface area contributed by atoms with Crippen molar-refractivity contribution in [3.63, 3.8) is 0 Å². The van der Waals surface area contributed by atoms with E-state index in [4.69, 9.17) is 4.18 Å². The van der Waals surface area contributed by atoms with Crippen molar-refractivity contribution in [2.24, 2.45) is 5.92 Å². The molecule has 2 heterocycles. The summed E-state index contributed by atoms with van der Waals surface area (Å²) in [5.41, 5.74) is 2.45. The number of aromatic nitrogens is 1. The van der Waals surface area contributed by atoms with E-state index in [2.05, 4.69) is 36.6 Å². The Morgan fingerprint density at radius 2 is 1.77 bits per heavy atom. The minimum absolute atomic E-state index is 0.165. The molecule has 0 bridgehead atoms. The van der Waals surface area contributed by atoms with E-state index >= 15 is 0 Å². The summed E-state index contributed by atoms with van der Waals surface area (Å²) >= 11 is 0. The molecule has 3 aromatic rings. The van der Waals surface area contributed by atoms with Gasteiger partial charge in [-0.05, 0) is 80.7 Å². The number of nitrogens with zero attached hydrogens (tertiary/aromatic N) is 2. The third-order valence-electron chi connectivity index (χ3n) is 5.84. The third kappa shape index (κ3) is 4.40. The van der Waals surface area contributed by atoms with Gasteiger partial charge >= 0.3 is 10.1 Å². The van der Waals surface area contributed by atoms with Crippen LogP contribution in [-0.2, 0) is 16.7 Å². The van der Waals surface area contributed by atoms with Gasteiger partial charge in [-0.25, -0.2) is 0 Å². The van der Waals surface area contributed by atoms with E-state index in [1.807, 2.05) is 12.1 Å². The normalized spacial score (nSPS) is 16.4. The summed E-state index contributed by atoms with van der Waals surface area (Å²) in [4.78, 5) is 2.53. The second-order valence-electron chi connectivity index (χ2n) is 8.74. The molecule has 0 atom stereocenters. The topological polar surface area (TPSA) is 51.5 Å². The third-order valence-corrected chi connectivity index (χ3v) is 7.10. The van der Waals surface area contributed by atoms with Gasteiger partial charge in [0.25, 0.3) is 0 Å². The van der Waals surface area contributed by atoms with Gasteiger partial charge in [0.15, 0.2) is 0 Å². The van der Waals surface area contributed by atoms with Crippen molar-refractivity contribution in [1.29, 1.82) is 0 Å². The van der Waals surface area contributed by atoms with E-state index < -0.39 is 10.1 Å². The van der Waals surface area contributed by atoms with Gasteiger partial charge in [0, 0.05) is 23.6 Å². The highest BCUT2D eigenvalue weighted by atomic mass is 32.2. The summed E-state index contributed by atoms with van der Waals surface area (Å²) in [6.45, 7) is 7.53. The molecule has 0 amide bonds. The summed E-state index contributed by atoms with van der Waals surface area (Å²) in [5.74, 6) is 1.38. The molecule has 4 rings (SSSR count). The van der Waals surface area contributed by atoms with Crippen molar-refractivity contribution in [1.82, 2.24) is 9.47 Å². The first-order chi connectivity index (χ1) is 14.3. The number of piperidine rings is 1. The van der Waals surface area contributed by atoms with Crippen LogP contribution in [0.25, 0.3) is 10.9 Å². The molecule has 5 nitrogen and oxygen atoms in total. The Kier molecular flexibility index (Phi) is 5.89. The molecule has 0 unspecified atom stereocenters. The highest BCUT2D eigenvalue weighted by Gasteiger charge is 2.24. The molecular formula is C24H30N2O3S. The lowest BCUT2D eigenvalue weighted by Crippen LogP contribution is -2.29. The fourth-order valence-corrected chi connectivity index (χ4v) is 5.25. The van der Waals surface area contributed by atoms with Crippen LogP contribution >= 0.6 is 0 Å². The van der Waals surface area contributed by atoms with Crippen molar-refractivity contribution in [2.45, 2.75) is 44.0 Å². The second-order valence-corrected chi connectivity index (χ2v) is 10.3. The molecule has 0 aliphatic carbocycles. The Labute approximate surface area is 179 Å². The van der Waals surface area contributed by atoms with Crippen molar-refractivity contribution >= 4 is 21.0 Å². The first-order valence-electron chi connectivity index (χ1n) is 10.6. The van der Waals surface area contributed by atoms with Crippen molar-refractivity contribution in [3.8, 4) is 5.75 Å². The largest absolute Gasteiger partial charge is 0.379 e. The van der Waals surface area contributed by atoms with Gasteiger partial charge in [-0.1, -0.05) is 32.0 Å². The van der Waals surface area contributed by atoms with Gasteiger partial charge in [-0.3, -0.25) is 0 Å². The van der Waals surface area contributed by atoms with E-state index in [9.17, 15) is 8.42 Å². The Morgan fingerprint density at radius 1 is 1.07 bits per heavy atom. The minimum atomic E-state index is -3.85. The molecule has 0 spiro atoms. The van der Waals surface area contributed by atoms with Crippen LogP contribution in [0.5, 0.6) is 5.75 Å². The summed E-state index contributed by atoms with van der Waals surface area (Å²) in [6.07, 6.45) is 4.51. The highest BCUT2D eigenvalue weighted by molar-refractivity contribution is 7.87. The zero-order chi connectivity index (χ0) is 21.3. The number of fused-ring (bicyclic) bond motifs is 1. The van der Waals surface area contributed by atoms with Gasteiger partial charge in [0.2, 0.25) is 0 Å². The first-order valence-corrected chi connectivity index (χ1v) is 12.0. The average molecular weight is 427 g/mol. The lowest BCUT2D eigenvalue weighted by atomic mass is 9.89. The molecule has 1 aliphatic heterocycles. The number of benzene rings is 2. The van der Waals surface area contributed by atoms with E-state index in [-0.39, 0.29) is 4.90 Å². The van der Waals surface area contributed by atoms with E-state index in [1.165, 1.54) is 5.56 Å². The fourth-order valence-electron chi connectivity index (χ4n) is 4.31. The maximum Gasteiger partial charge on any atom is 0.339 e. The molecule has 0 radical (unpaired) electrons. The smallest absolute Gasteiger partial charge is 0.339 e. The number of likely N-dealkylation sites (tertiary alicyclic amines) is 1. The summed E-state index contributed by atoms with van der Waals surface area (Å²) in [7, 11) is -1.69. The standard InChI is InChI=1S/C24H30N2O3S/c1-18(2)16-26-17-23(19-11-13-25(3)14-12-19)22-15-20(9-10-24(22)26)29-30(27,28)21-7-5-4-6-8-21/h4-10,15,17-19H,11-14,16H2,1-3H3. The zero-order valence-electron chi connectivity index (χ0n) is 17.9. The Morgan fingerprint density at radius 3 is 2.43 bits per heavy atom. The predicted molar refractivity (Wildman–Crippen MR) is 121 cm³/mol. The maximum absolute atomic E-state index is 12.7. The van der Waals surface area contributed by atoms with Gasteiger partial charge in [-0.2, -0.15) is 8.42 Å². The first kappa shape index (κ1) is 20.9. The van der Waals surface area contributed by atoms with Crippen LogP contribution in [-0.4, -0.2) is 38.0 Å². The van der Waals surface area contributed by atoms with Crippen LogP contribution in [0.4, 0.5) is 0 Å². The number of hydrogen-bond acceptors (Lipinski definition) is 4. The summed E-state index contributed by atoms with van der Waals surface area (Å²) < 4.78 is 33.2. The molecule has 1 aliphatic rings. The zero-order valence-corrected chi connectivity index (χ0v) is 18.7. The molecule has 6 heteroatoms. The fraction of sp³-hybridized carbons (Fsp3) is 0.417. The van der Waals surface area contributed by atoms with E-state index in [0.29, 0.717) is 17.6 Å². The van der Waals surface area contributed by atoms with Crippen molar-refractivity contribution in [3.05, 3.63) is 60.3 Å². The van der Waals surface area contributed by atoms with Crippen molar-refractivity contribution in [2.75, 3.05) is 20.1 Å². The minimum Gasteiger partial charge on any atom is -0.379 e. The van der Waals surface area contributed by atoms with Gasteiger partial charge in [0.05, 0.1) is 0 Å². The van der Waals surface area contributed by atoms with Crippen LogP contribution in [0.15, 0.2) is 59.6 Å². The molecule has 160 valence electrons. The second kappa shape index (κ2) is 8.44. The Hall–Kier alpha value is -2.31. The number of hydrogen-bond donors (Lipinski definition) is 0. The number of rotatable bonds is 6. The Bertz CT molecular complexity index is 1110. The molecule has 1 aromatic heterocycles. The molecule has 1 fully saturated rings. The molecule has 30 heavy (non-hydrogen) atoms. The van der Waals surface area contributed by atoms with Crippen LogP contribution in [0.3, 0.4) is 0 Å². The molecule has 0 N–H and O–H groups in total. The van der Waals surface area contributed by atoms with Gasteiger partial charge in [0.1, 0.15) is 10.6 Å². The Balaban J connectivity index is 1.72. The predicted octanol–water partition coefficient (Wildman–Crippen LogP) is 4.87. The highest BCUT2D eigenvalue weighted by Crippen LogP contribution is 2.36. The lowest BCUT2D eigenvalue weighted by Gasteiger charge is -2.28. The molecule has 0 saturated carbocycles. The average Bonchev–Trinajstić information content (AvgIpc) is 3.06. The van der Waals surface area contributed by atoms with Crippen LogP contribution in [0.2, 0.25) is 0 Å². The SMILES string of the molecule is CC(C)Cn1cc(C2CCN(C)CC2)c2cc(OS(=O)(=O)c3ccccc3)ccc21. The van der Waals surface area contributed by atoms with Gasteiger partial charge in [-0.15, -0.1) is 0 Å². The summed E-state index contributed by atoms with van der Waals surface area (Å²) in [6, 6.07) is 13.9. The maximum atomic E-state index is 12.7.